The van der Waals surface area contributed by atoms with Crippen LogP contribution in [0.15, 0.2) is 42.5 Å². The van der Waals surface area contributed by atoms with Crippen molar-refractivity contribution in [3.8, 4) is 23.0 Å². The molecule has 0 unspecified atom stereocenters. The molecule has 27 heavy (non-hydrogen) atoms. The van der Waals surface area contributed by atoms with Crippen molar-refractivity contribution in [1.82, 2.24) is 0 Å². The molecule has 2 heteroatoms. The highest BCUT2D eigenvalue weighted by atomic mass is 19.2. The van der Waals surface area contributed by atoms with Crippen LogP contribution >= 0.6 is 0 Å². The first kappa shape index (κ1) is 19.6. The Morgan fingerprint density at radius 1 is 0.852 bits per heavy atom. The van der Waals surface area contributed by atoms with Gasteiger partial charge in [0.2, 0.25) is 0 Å². The molecular weight excluding hydrogens is 338 g/mol. The third kappa shape index (κ3) is 5.67. The zero-order valence-corrected chi connectivity index (χ0v) is 16.1. The minimum Gasteiger partial charge on any atom is -0.204 e. The lowest BCUT2D eigenvalue weighted by molar-refractivity contribution is 0.294. The van der Waals surface area contributed by atoms with Crippen molar-refractivity contribution >= 4 is 0 Å². The molecule has 0 heterocycles. The number of hydrogen-bond donors (Lipinski definition) is 0. The highest BCUT2D eigenvalue weighted by Crippen LogP contribution is 2.31. The molecule has 1 saturated carbocycles. The summed E-state index contributed by atoms with van der Waals surface area (Å²) in [6.45, 7) is 2.26. The van der Waals surface area contributed by atoms with E-state index in [1.165, 1.54) is 57.4 Å². The third-order valence-electron chi connectivity index (χ3n) is 5.62. The van der Waals surface area contributed by atoms with Gasteiger partial charge in [-0.05, 0) is 67.0 Å². The smallest absolute Gasteiger partial charge is 0.159 e. The monoisotopic (exact) mass is 366 g/mol. The Kier molecular flexibility index (Phi) is 7.04. The van der Waals surface area contributed by atoms with Gasteiger partial charge in [-0.15, -0.1) is 0 Å². The van der Waals surface area contributed by atoms with Crippen LogP contribution in [0.5, 0.6) is 0 Å². The average Bonchev–Trinajstić information content (AvgIpc) is 2.70. The normalized spacial score (nSPS) is 19.4. The maximum Gasteiger partial charge on any atom is 0.159 e. The first-order valence-electron chi connectivity index (χ1n) is 10.2. The zero-order chi connectivity index (χ0) is 19.1. The van der Waals surface area contributed by atoms with Crippen molar-refractivity contribution in [3.63, 3.8) is 0 Å². The van der Waals surface area contributed by atoms with Gasteiger partial charge >= 0.3 is 0 Å². The summed E-state index contributed by atoms with van der Waals surface area (Å²) >= 11 is 0. The average molecular weight is 366 g/mol. The van der Waals surface area contributed by atoms with E-state index >= 15 is 0 Å². The SMILES string of the molecule is CCCCC[C@H]1CC[C@H](C#Cc2ccc(-c3ccc(F)c(F)c3)cc2)CC1. The van der Waals surface area contributed by atoms with Crippen LogP contribution in [0.4, 0.5) is 8.78 Å². The summed E-state index contributed by atoms with van der Waals surface area (Å²) in [6, 6.07) is 11.7. The van der Waals surface area contributed by atoms with E-state index in [0.717, 1.165) is 23.1 Å². The van der Waals surface area contributed by atoms with Crippen molar-refractivity contribution in [2.24, 2.45) is 11.8 Å². The molecule has 0 spiro atoms. The largest absolute Gasteiger partial charge is 0.204 e. The molecule has 3 rings (SSSR count). The molecule has 0 aromatic heterocycles. The standard InChI is InChI=1S/C25H28F2/c1-2-3-4-5-19-6-8-20(9-7-19)10-11-21-12-14-22(15-13-21)23-16-17-24(26)25(27)18-23/h12-20H,2-9H2,1H3/t19-,20-. The fourth-order valence-corrected chi connectivity index (χ4v) is 3.89. The number of benzene rings is 2. The molecule has 142 valence electrons. The van der Waals surface area contributed by atoms with E-state index in [2.05, 4.69) is 18.8 Å². The molecule has 0 saturated heterocycles. The van der Waals surface area contributed by atoms with Crippen LogP contribution < -0.4 is 0 Å². The molecule has 0 bridgehead atoms. The molecule has 1 aliphatic rings. The lowest BCUT2D eigenvalue weighted by atomic mass is 9.80. The lowest BCUT2D eigenvalue weighted by Crippen LogP contribution is -2.13. The molecule has 1 aliphatic carbocycles. The molecule has 0 N–H and O–H groups in total. The Morgan fingerprint density at radius 3 is 2.22 bits per heavy atom. The Balaban J connectivity index is 1.54. The molecule has 0 aliphatic heterocycles. The highest BCUT2D eigenvalue weighted by molar-refractivity contribution is 5.64. The van der Waals surface area contributed by atoms with Crippen LogP contribution in [0.3, 0.4) is 0 Å². The van der Waals surface area contributed by atoms with Gasteiger partial charge in [0.15, 0.2) is 11.6 Å². The summed E-state index contributed by atoms with van der Waals surface area (Å²) in [5.74, 6) is 6.52. The second-order valence-electron chi connectivity index (χ2n) is 7.69. The maximum absolute atomic E-state index is 13.4. The Hall–Kier alpha value is -2.14. The fraction of sp³-hybridized carbons (Fsp3) is 0.440. The summed E-state index contributed by atoms with van der Waals surface area (Å²) in [5, 5.41) is 0. The van der Waals surface area contributed by atoms with E-state index in [4.69, 9.17) is 0 Å². The summed E-state index contributed by atoms with van der Waals surface area (Å²) in [7, 11) is 0. The van der Waals surface area contributed by atoms with Crippen molar-refractivity contribution in [2.75, 3.05) is 0 Å². The van der Waals surface area contributed by atoms with Gasteiger partial charge < -0.3 is 0 Å². The van der Waals surface area contributed by atoms with Crippen molar-refractivity contribution in [1.29, 1.82) is 0 Å². The topological polar surface area (TPSA) is 0 Å². The minimum absolute atomic E-state index is 0.512. The van der Waals surface area contributed by atoms with Crippen LogP contribution in [0, 0.1) is 35.3 Å². The van der Waals surface area contributed by atoms with E-state index in [1.54, 1.807) is 6.07 Å². The Bertz CT molecular complexity index is 787. The van der Waals surface area contributed by atoms with Gasteiger partial charge in [0.25, 0.3) is 0 Å². The zero-order valence-electron chi connectivity index (χ0n) is 16.1. The van der Waals surface area contributed by atoms with Gasteiger partial charge in [-0.3, -0.25) is 0 Å². The molecule has 0 nitrogen and oxygen atoms in total. The fourth-order valence-electron chi connectivity index (χ4n) is 3.89. The summed E-state index contributed by atoms with van der Waals surface area (Å²) in [6.07, 6.45) is 10.5. The number of unbranched alkanes of at least 4 members (excludes halogenated alkanes) is 2. The second-order valence-corrected chi connectivity index (χ2v) is 7.69. The van der Waals surface area contributed by atoms with E-state index in [-0.39, 0.29) is 0 Å². The second kappa shape index (κ2) is 9.70. The predicted octanol–water partition coefficient (Wildman–Crippen LogP) is 7.37. The first-order valence-corrected chi connectivity index (χ1v) is 10.2. The number of hydrogen-bond acceptors (Lipinski definition) is 0. The molecule has 2 aromatic carbocycles. The lowest BCUT2D eigenvalue weighted by Gasteiger charge is -2.25. The van der Waals surface area contributed by atoms with Crippen molar-refractivity contribution < 1.29 is 8.78 Å². The van der Waals surface area contributed by atoms with Crippen molar-refractivity contribution in [2.45, 2.75) is 58.3 Å². The quantitative estimate of drug-likeness (QED) is 0.383. The van der Waals surface area contributed by atoms with Crippen LogP contribution in [0.1, 0.15) is 63.9 Å². The Morgan fingerprint density at radius 2 is 1.56 bits per heavy atom. The third-order valence-corrected chi connectivity index (χ3v) is 5.62. The van der Waals surface area contributed by atoms with E-state index < -0.39 is 11.6 Å². The van der Waals surface area contributed by atoms with Crippen LogP contribution in [-0.4, -0.2) is 0 Å². The molecule has 1 fully saturated rings. The number of rotatable bonds is 5. The minimum atomic E-state index is -0.818. The van der Waals surface area contributed by atoms with Crippen LogP contribution in [0.25, 0.3) is 11.1 Å². The molecule has 0 amide bonds. The molecular formula is C25H28F2. The van der Waals surface area contributed by atoms with Crippen LogP contribution in [-0.2, 0) is 0 Å². The maximum atomic E-state index is 13.4. The van der Waals surface area contributed by atoms with Gasteiger partial charge in [-0.2, -0.15) is 0 Å². The van der Waals surface area contributed by atoms with Gasteiger partial charge in [0.05, 0.1) is 0 Å². The predicted molar refractivity (Wildman–Crippen MR) is 108 cm³/mol. The van der Waals surface area contributed by atoms with Gasteiger partial charge in [0.1, 0.15) is 0 Å². The van der Waals surface area contributed by atoms with Gasteiger partial charge in [0, 0.05) is 11.5 Å². The Labute approximate surface area is 162 Å². The summed E-state index contributed by atoms with van der Waals surface area (Å²) < 4.78 is 26.5. The van der Waals surface area contributed by atoms with Crippen LogP contribution in [0.2, 0.25) is 0 Å². The van der Waals surface area contributed by atoms with E-state index in [1.807, 2.05) is 24.3 Å². The number of halogens is 2. The summed E-state index contributed by atoms with van der Waals surface area (Å²) in [5.41, 5.74) is 2.52. The van der Waals surface area contributed by atoms with E-state index in [0.29, 0.717) is 11.5 Å². The molecule has 0 atom stereocenters. The first-order chi connectivity index (χ1) is 13.2. The van der Waals surface area contributed by atoms with Crippen molar-refractivity contribution in [3.05, 3.63) is 59.7 Å². The molecule has 0 radical (unpaired) electrons. The van der Waals surface area contributed by atoms with Gasteiger partial charge in [-0.1, -0.05) is 62.6 Å². The molecule has 2 aromatic rings. The summed E-state index contributed by atoms with van der Waals surface area (Å²) in [4.78, 5) is 0. The van der Waals surface area contributed by atoms with E-state index in [9.17, 15) is 8.78 Å². The van der Waals surface area contributed by atoms with Gasteiger partial charge in [-0.25, -0.2) is 8.78 Å². The highest BCUT2D eigenvalue weighted by Gasteiger charge is 2.19.